The van der Waals surface area contributed by atoms with Crippen molar-refractivity contribution in [1.29, 1.82) is 0 Å². The lowest BCUT2D eigenvalue weighted by Crippen LogP contribution is -2.31. The van der Waals surface area contributed by atoms with E-state index in [-0.39, 0.29) is 22.9 Å². The van der Waals surface area contributed by atoms with E-state index < -0.39 is 6.04 Å². The smallest absolute Gasteiger partial charge is 0.329 e. The van der Waals surface area contributed by atoms with Crippen LogP contribution >= 0.6 is 11.3 Å². The summed E-state index contributed by atoms with van der Waals surface area (Å²) in [7, 11) is 0. The highest BCUT2D eigenvalue weighted by Gasteiger charge is 2.32. The van der Waals surface area contributed by atoms with E-state index in [2.05, 4.69) is 25.8 Å². The molecule has 6 heteroatoms. The Bertz CT molecular complexity index is 905. The second kappa shape index (κ2) is 7.38. The van der Waals surface area contributed by atoms with Crippen LogP contribution in [0.5, 0.6) is 0 Å². The van der Waals surface area contributed by atoms with Crippen molar-refractivity contribution in [3.8, 4) is 0 Å². The first-order valence-corrected chi connectivity index (χ1v) is 10.6. The number of thiophene rings is 1. The van der Waals surface area contributed by atoms with Gasteiger partial charge in [0.15, 0.2) is 0 Å². The van der Waals surface area contributed by atoms with Gasteiger partial charge in [0.2, 0.25) is 0 Å². The topological polar surface area (TPSA) is 61.2 Å². The summed E-state index contributed by atoms with van der Waals surface area (Å²) in [5.74, 6) is 0.493. The summed E-state index contributed by atoms with van der Waals surface area (Å²) >= 11 is 1.64. The van der Waals surface area contributed by atoms with Crippen molar-refractivity contribution in [2.75, 3.05) is 6.61 Å². The second-order valence-electron chi connectivity index (χ2n) is 9.15. The molecule has 0 saturated heterocycles. The number of fused-ring (bicyclic) bond motifs is 3. The number of esters is 1. The molecule has 148 valence electrons. The zero-order valence-electron chi connectivity index (χ0n) is 17.2. The highest BCUT2D eigenvalue weighted by Crippen LogP contribution is 2.42. The van der Waals surface area contributed by atoms with Crippen LogP contribution in [0.15, 0.2) is 11.1 Å². The molecular weight excluding hydrogens is 360 g/mol. The molecule has 0 saturated carbocycles. The molecule has 27 heavy (non-hydrogen) atoms. The quantitative estimate of drug-likeness (QED) is 0.727. The van der Waals surface area contributed by atoms with Crippen molar-refractivity contribution in [3.05, 3.63) is 27.1 Å². The molecule has 1 aliphatic rings. The van der Waals surface area contributed by atoms with E-state index in [9.17, 15) is 9.59 Å². The van der Waals surface area contributed by atoms with E-state index in [0.29, 0.717) is 17.9 Å². The second-order valence-corrected chi connectivity index (χ2v) is 10.2. The number of carbonyl (C=O) groups excluding carboxylic acids is 1. The molecule has 2 atom stereocenters. The molecule has 0 spiro atoms. The van der Waals surface area contributed by atoms with Gasteiger partial charge in [-0.25, -0.2) is 9.78 Å². The van der Waals surface area contributed by atoms with E-state index in [1.54, 1.807) is 18.3 Å². The third-order valence-electron chi connectivity index (χ3n) is 5.54. The third-order valence-corrected chi connectivity index (χ3v) is 6.70. The van der Waals surface area contributed by atoms with Gasteiger partial charge in [-0.3, -0.25) is 9.36 Å². The van der Waals surface area contributed by atoms with Crippen LogP contribution in [0.1, 0.15) is 64.4 Å². The summed E-state index contributed by atoms with van der Waals surface area (Å²) in [6.45, 7) is 12.9. The minimum absolute atomic E-state index is 0.124. The average molecular weight is 391 g/mol. The Morgan fingerprint density at radius 2 is 2.07 bits per heavy atom. The lowest BCUT2D eigenvalue weighted by molar-refractivity contribution is -0.148. The highest BCUT2D eigenvalue weighted by atomic mass is 32.1. The molecule has 2 unspecified atom stereocenters. The molecule has 0 N–H and O–H groups in total. The molecule has 0 fully saturated rings. The lowest BCUT2D eigenvalue weighted by Gasteiger charge is -2.33. The van der Waals surface area contributed by atoms with Crippen LogP contribution < -0.4 is 5.56 Å². The van der Waals surface area contributed by atoms with Crippen molar-refractivity contribution in [3.63, 3.8) is 0 Å². The minimum Gasteiger partial charge on any atom is -0.464 e. The molecule has 0 bridgehead atoms. The van der Waals surface area contributed by atoms with Crippen LogP contribution in [0.3, 0.4) is 0 Å². The number of nitrogens with zero attached hydrogens (tertiary/aromatic N) is 2. The van der Waals surface area contributed by atoms with Crippen molar-refractivity contribution in [2.45, 2.75) is 66.8 Å². The number of aryl methyl sites for hydroxylation is 1. The van der Waals surface area contributed by atoms with E-state index in [0.717, 1.165) is 29.7 Å². The first-order chi connectivity index (χ1) is 12.6. The van der Waals surface area contributed by atoms with Gasteiger partial charge < -0.3 is 4.74 Å². The first kappa shape index (κ1) is 20.1. The summed E-state index contributed by atoms with van der Waals surface area (Å²) in [4.78, 5) is 32.0. The molecule has 2 aromatic heterocycles. The Labute approximate surface area is 164 Å². The van der Waals surface area contributed by atoms with Crippen LogP contribution in [-0.4, -0.2) is 22.1 Å². The normalized spacial score (nSPS) is 18.6. The monoisotopic (exact) mass is 390 g/mol. The maximum Gasteiger partial charge on any atom is 0.329 e. The molecule has 0 amide bonds. The van der Waals surface area contributed by atoms with Crippen LogP contribution in [0, 0.1) is 17.3 Å². The summed E-state index contributed by atoms with van der Waals surface area (Å²) in [5.41, 5.74) is 1.28. The van der Waals surface area contributed by atoms with E-state index in [1.165, 1.54) is 15.8 Å². The number of hydrogen-bond donors (Lipinski definition) is 0. The van der Waals surface area contributed by atoms with Gasteiger partial charge in [-0.15, -0.1) is 11.3 Å². The molecule has 1 aliphatic carbocycles. The van der Waals surface area contributed by atoms with Gasteiger partial charge >= 0.3 is 5.97 Å². The summed E-state index contributed by atoms with van der Waals surface area (Å²) in [5, 5.41) is 0.702. The molecule has 3 rings (SSSR count). The van der Waals surface area contributed by atoms with Crippen molar-refractivity contribution in [2.24, 2.45) is 17.3 Å². The number of hydrogen-bond acceptors (Lipinski definition) is 5. The minimum atomic E-state index is -0.672. The summed E-state index contributed by atoms with van der Waals surface area (Å²) < 4.78 is 6.73. The van der Waals surface area contributed by atoms with Crippen molar-refractivity contribution < 1.29 is 9.53 Å². The lowest BCUT2D eigenvalue weighted by atomic mass is 9.72. The largest absolute Gasteiger partial charge is 0.464 e. The number of ether oxygens (including phenoxy) is 1. The molecule has 5 nitrogen and oxygen atoms in total. The molecule has 0 aromatic carbocycles. The SMILES string of the molecule is CC(C)COC(=O)C(C)n1cnc2sc3c(c2c1=O)CCC(C(C)(C)C)C3. The Kier molecular flexibility index (Phi) is 5.48. The van der Waals surface area contributed by atoms with Crippen LogP contribution in [0.2, 0.25) is 0 Å². The molecule has 0 radical (unpaired) electrons. The fourth-order valence-corrected chi connectivity index (χ4v) is 4.93. The van der Waals surface area contributed by atoms with Crippen molar-refractivity contribution >= 4 is 27.5 Å². The van der Waals surface area contributed by atoms with Crippen molar-refractivity contribution in [1.82, 2.24) is 9.55 Å². The molecule has 2 heterocycles. The highest BCUT2D eigenvalue weighted by molar-refractivity contribution is 7.18. The van der Waals surface area contributed by atoms with Gasteiger partial charge in [-0.1, -0.05) is 34.6 Å². The molecular formula is C21H30N2O3S. The van der Waals surface area contributed by atoms with E-state index in [1.807, 2.05) is 13.8 Å². The maximum absolute atomic E-state index is 13.1. The third kappa shape index (κ3) is 3.96. The van der Waals surface area contributed by atoms with Gasteiger partial charge in [0.1, 0.15) is 10.9 Å². The number of rotatable bonds is 4. The van der Waals surface area contributed by atoms with E-state index in [4.69, 9.17) is 4.74 Å². The van der Waals surface area contributed by atoms with Gasteiger partial charge in [0.25, 0.3) is 5.56 Å². The van der Waals surface area contributed by atoms with E-state index >= 15 is 0 Å². The first-order valence-electron chi connectivity index (χ1n) is 9.77. The predicted molar refractivity (Wildman–Crippen MR) is 109 cm³/mol. The Morgan fingerprint density at radius 3 is 2.70 bits per heavy atom. The van der Waals surface area contributed by atoms with Crippen LogP contribution in [-0.2, 0) is 22.4 Å². The standard InChI is InChI=1S/C21H30N2O3S/c1-12(2)10-26-20(25)13(3)23-11-22-18-17(19(23)24)15-8-7-14(21(4,5)6)9-16(15)27-18/h11-14H,7-10H2,1-6H3. The Morgan fingerprint density at radius 1 is 1.37 bits per heavy atom. The fraction of sp³-hybridized carbons (Fsp3) is 0.667. The molecule has 2 aromatic rings. The zero-order chi connectivity index (χ0) is 19.9. The summed E-state index contributed by atoms with van der Waals surface area (Å²) in [6, 6.07) is -0.672. The Hall–Kier alpha value is -1.69. The number of carbonyl (C=O) groups is 1. The Balaban J connectivity index is 1.95. The average Bonchev–Trinajstić information content (AvgIpc) is 2.97. The van der Waals surface area contributed by atoms with Crippen LogP contribution in [0.25, 0.3) is 10.2 Å². The molecule has 0 aliphatic heterocycles. The van der Waals surface area contributed by atoms with Gasteiger partial charge in [0.05, 0.1) is 18.3 Å². The number of aromatic nitrogens is 2. The van der Waals surface area contributed by atoms with Gasteiger partial charge in [-0.2, -0.15) is 0 Å². The zero-order valence-corrected chi connectivity index (χ0v) is 18.0. The fourth-order valence-electron chi connectivity index (χ4n) is 3.68. The van der Waals surface area contributed by atoms with Crippen LogP contribution in [0.4, 0.5) is 0 Å². The predicted octanol–water partition coefficient (Wildman–Crippen LogP) is 4.37. The van der Waals surface area contributed by atoms with Gasteiger partial charge in [-0.05, 0) is 49.0 Å². The summed E-state index contributed by atoms with van der Waals surface area (Å²) in [6.07, 6.45) is 4.49. The maximum atomic E-state index is 13.1. The van der Waals surface area contributed by atoms with Gasteiger partial charge in [0, 0.05) is 4.88 Å².